The van der Waals surface area contributed by atoms with Crippen LogP contribution in [-0.4, -0.2) is 0 Å². The summed E-state index contributed by atoms with van der Waals surface area (Å²) in [5, 5.41) is 0. The second kappa shape index (κ2) is 3.12. The fourth-order valence-electron chi connectivity index (χ4n) is 1.56. The van der Waals surface area contributed by atoms with E-state index >= 15 is 0 Å². The van der Waals surface area contributed by atoms with Crippen LogP contribution in [0.25, 0.3) is 0 Å². The molecule has 0 amide bonds. The van der Waals surface area contributed by atoms with E-state index in [1.54, 1.807) is 0 Å². The first-order valence-electron chi connectivity index (χ1n) is 4.23. The highest BCUT2D eigenvalue weighted by atomic mass is 16.3. The van der Waals surface area contributed by atoms with E-state index in [1.165, 1.54) is 11.1 Å². The van der Waals surface area contributed by atoms with Crippen LogP contribution in [-0.2, 0) is 6.42 Å². The Morgan fingerprint density at radius 2 is 2.09 bits per heavy atom. The number of rotatable bonds is 2. The van der Waals surface area contributed by atoms with Gasteiger partial charge in [-0.05, 0) is 30.4 Å². The third-order valence-corrected chi connectivity index (χ3v) is 2.06. The van der Waals surface area contributed by atoms with Gasteiger partial charge in [-0.1, -0.05) is 20.8 Å². The van der Waals surface area contributed by atoms with E-state index in [-0.39, 0.29) is 0 Å². The van der Waals surface area contributed by atoms with Gasteiger partial charge in [0.1, 0.15) is 5.76 Å². The maximum absolute atomic E-state index is 5.35. The summed E-state index contributed by atoms with van der Waals surface area (Å²) < 4.78 is 5.35. The van der Waals surface area contributed by atoms with Gasteiger partial charge >= 0.3 is 0 Å². The highest BCUT2D eigenvalue weighted by Gasteiger charge is 2.11. The summed E-state index contributed by atoms with van der Waals surface area (Å²) in [4.78, 5) is 0. The number of furan rings is 1. The lowest BCUT2D eigenvalue weighted by molar-refractivity contribution is 0.526. The minimum atomic E-state index is 0.587. The summed E-state index contributed by atoms with van der Waals surface area (Å²) in [5.74, 6) is 1.67. The molecule has 1 heteroatoms. The molecular weight excluding hydrogens is 136 g/mol. The van der Waals surface area contributed by atoms with Crippen molar-refractivity contribution in [3.63, 3.8) is 0 Å². The molecule has 0 bridgehead atoms. The zero-order valence-electron chi connectivity index (χ0n) is 7.77. The van der Waals surface area contributed by atoms with E-state index in [2.05, 4.69) is 20.8 Å². The van der Waals surface area contributed by atoms with E-state index in [0.29, 0.717) is 5.92 Å². The molecule has 0 atom stereocenters. The molecule has 1 aromatic heterocycles. The second-order valence-corrected chi connectivity index (χ2v) is 3.24. The minimum Gasteiger partial charge on any atom is -0.469 e. The van der Waals surface area contributed by atoms with Gasteiger partial charge in [0, 0.05) is 0 Å². The Labute approximate surface area is 68.4 Å². The van der Waals surface area contributed by atoms with Gasteiger partial charge < -0.3 is 4.42 Å². The monoisotopic (exact) mass is 152 g/mol. The van der Waals surface area contributed by atoms with Crippen LogP contribution < -0.4 is 0 Å². The molecule has 0 aromatic carbocycles. The van der Waals surface area contributed by atoms with Gasteiger partial charge in [-0.25, -0.2) is 0 Å². The first kappa shape index (κ1) is 8.38. The predicted octanol–water partition coefficient (Wildman–Crippen LogP) is 3.27. The lowest BCUT2D eigenvalue weighted by atomic mass is 9.98. The lowest BCUT2D eigenvalue weighted by Crippen LogP contribution is -1.92. The Kier molecular flexibility index (Phi) is 2.38. The Morgan fingerprint density at radius 1 is 1.45 bits per heavy atom. The standard InChI is InChI=1S/C10H16O/c1-5-9-6-11-8(4)10(9)7(2)3/h6-7H,5H2,1-4H3. The summed E-state index contributed by atoms with van der Waals surface area (Å²) in [6.07, 6.45) is 2.95. The molecule has 0 spiro atoms. The van der Waals surface area contributed by atoms with Gasteiger partial charge in [0.15, 0.2) is 0 Å². The minimum absolute atomic E-state index is 0.587. The largest absolute Gasteiger partial charge is 0.469 e. The molecule has 1 aromatic rings. The molecule has 0 aliphatic rings. The van der Waals surface area contributed by atoms with E-state index < -0.39 is 0 Å². The molecule has 11 heavy (non-hydrogen) atoms. The SMILES string of the molecule is CCc1coc(C)c1C(C)C. The molecule has 0 fully saturated rings. The third-order valence-electron chi connectivity index (χ3n) is 2.06. The van der Waals surface area contributed by atoms with Crippen LogP contribution in [0, 0.1) is 6.92 Å². The molecular formula is C10H16O. The summed E-state index contributed by atoms with van der Waals surface area (Å²) in [6, 6.07) is 0. The Hall–Kier alpha value is -0.720. The van der Waals surface area contributed by atoms with Crippen molar-refractivity contribution >= 4 is 0 Å². The quantitative estimate of drug-likeness (QED) is 0.634. The molecule has 1 rings (SSSR count). The summed E-state index contributed by atoms with van der Waals surface area (Å²) in [5.41, 5.74) is 2.75. The van der Waals surface area contributed by atoms with Crippen molar-refractivity contribution in [1.82, 2.24) is 0 Å². The Bertz CT molecular complexity index is 233. The van der Waals surface area contributed by atoms with Gasteiger partial charge in [-0.2, -0.15) is 0 Å². The molecule has 0 saturated heterocycles. The third kappa shape index (κ3) is 1.47. The van der Waals surface area contributed by atoms with Crippen LogP contribution >= 0.6 is 0 Å². The van der Waals surface area contributed by atoms with E-state index in [1.807, 2.05) is 13.2 Å². The maximum Gasteiger partial charge on any atom is 0.104 e. The van der Waals surface area contributed by atoms with Crippen LogP contribution in [0.2, 0.25) is 0 Å². The van der Waals surface area contributed by atoms with Crippen LogP contribution in [0.5, 0.6) is 0 Å². The topological polar surface area (TPSA) is 13.1 Å². The van der Waals surface area contributed by atoms with Crippen molar-refractivity contribution in [3.8, 4) is 0 Å². The first-order valence-corrected chi connectivity index (χ1v) is 4.23. The van der Waals surface area contributed by atoms with Crippen LogP contribution in [0.15, 0.2) is 10.7 Å². The van der Waals surface area contributed by atoms with Gasteiger partial charge in [0.25, 0.3) is 0 Å². The fraction of sp³-hybridized carbons (Fsp3) is 0.600. The van der Waals surface area contributed by atoms with Crippen LogP contribution in [0.3, 0.4) is 0 Å². The number of aryl methyl sites for hydroxylation is 2. The second-order valence-electron chi connectivity index (χ2n) is 3.24. The van der Waals surface area contributed by atoms with E-state index in [0.717, 1.165) is 12.2 Å². The molecule has 0 radical (unpaired) electrons. The van der Waals surface area contributed by atoms with Gasteiger partial charge in [-0.3, -0.25) is 0 Å². The fourth-order valence-corrected chi connectivity index (χ4v) is 1.56. The molecule has 0 unspecified atom stereocenters. The smallest absolute Gasteiger partial charge is 0.104 e. The highest BCUT2D eigenvalue weighted by molar-refractivity contribution is 5.30. The van der Waals surface area contributed by atoms with Gasteiger partial charge in [0.05, 0.1) is 6.26 Å². The molecule has 0 aliphatic carbocycles. The van der Waals surface area contributed by atoms with Crippen molar-refractivity contribution in [2.75, 3.05) is 0 Å². The summed E-state index contributed by atoms with van der Waals surface area (Å²) in [7, 11) is 0. The summed E-state index contributed by atoms with van der Waals surface area (Å²) in [6.45, 7) is 8.61. The summed E-state index contributed by atoms with van der Waals surface area (Å²) >= 11 is 0. The number of hydrogen-bond donors (Lipinski definition) is 0. The average molecular weight is 152 g/mol. The van der Waals surface area contributed by atoms with Gasteiger partial charge in [0.2, 0.25) is 0 Å². The zero-order valence-corrected chi connectivity index (χ0v) is 7.77. The Morgan fingerprint density at radius 3 is 2.45 bits per heavy atom. The lowest BCUT2D eigenvalue weighted by Gasteiger charge is -2.04. The normalized spacial score (nSPS) is 11.0. The Balaban J connectivity index is 3.07. The van der Waals surface area contributed by atoms with Crippen molar-refractivity contribution in [3.05, 3.63) is 23.2 Å². The zero-order chi connectivity index (χ0) is 8.43. The maximum atomic E-state index is 5.35. The van der Waals surface area contributed by atoms with Gasteiger partial charge in [-0.15, -0.1) is 0 Å². The number of hydrogen-bond acceptors (Lipinski definition) is 1. The first-order chi connectivity index (χ1) is 5.16. The van der Waals surface area contributed by atoms with Crippen LogP contribution in [0.4, 0.5) is 0 Å². The van der Waals surface area contributed by atoms with Crippen molar-refractivity contribution < 1.29 is 4.42 Å². The molecule has 62 valence electrons. The van der Waals surface area contributed by atoms with Crippen molar-refractivity contribution in [2.45, 2.75) is 40.0 Å². The van der Waals surface area contributed by atoms with E-state index in [9.17, 15) is 0 Å². The predicted molar refractivity (Wildman–Crippen MR) is 46.9 cm³/mol. The van der Waals surface area contributed by atoms with Crippen LogP contribution in [0.1, 0.15) is 43.6 Å². The molecule has 0 N–H and O–H groups in total. The molecule has 1 heterocycles. The van der Waals surface area contributed by atoms with Crippen molar-refractivity contribution in [1.29, 1.82) is 0 Å². The van der Waals surface area contributed by atoms with Crippen molar-refractivity contribution in [2.24, 2.45) is 0 Å². The molecule has 1 nitrogen and oxygen atoms in total. The van der Waals surface area contributed by atoms with E-state index in [4.69, 9.17) is 4.42 Å². The molecule has 0 saturated carbocycles. The average Bonchev–Trinajstić information content (AvgIpc) is 2.30. The highest BCUT2D eigenvalue weighted by Crippen LogP contribution is 2.25. The molecule has 0 aliphatic heterocycles.